The first-order valence-electron chi connectivity index (χ1n) is 8.38. The zero-order valence-corrected chi connectivity index (χ0v) is 16.7. The average molecular weight is 388 g/mol. The van der Waals surface area contributed by atoms with Crippen molar-refractivity contribution in [1.29, 1.82) is 0 Å². The van der Waals surface area contributed by atoms with Crippen molar-refractivity contribution in [1.82, 2.24) is 25.1 Å². The van der Waals surface area contributed by atoms with E-state index in [1.54, 1.807) is 16.0 Å². The van der Waals surface area contributed by atoms with Crippen molar-refractivity contribution in [2.24, 2.45) is 0 Å². The SMILES string of the molecule is CCN(Cc1cccs1)C(=O)CSc1nnnn1-c1c(C)cccc1C. The second-order valence-electron chi connectivity index (χ2n) is 5.89. The molecule has 0 aliphatic carbocycles. The van der Waals surface area contributed by atoms with E-state index in [-0.39, 0.29) is 5.91 Å². The van der Waals surface area contributed by atoms with Crippen molar-refractivity contribution in [3.05, 3.63) is 51.7 Å². The fourth-order valence-corrected chi connectivity index (χ4v) is 4.23. The van der Waals surface area contributed by atoms with Crippen LogP contribution in [0.3, 0.4) is 0 Å². The number of hydrogen-bond acceptors (Lipinski definition) is 6. The van der Waals surface area contributed by atoms with Crippen molar-refractivity contribution in [3.8, 4) is 5.69 Å². The van der Waals surface area contributed by atoms with E-state index in [0.717, 1.165) is 16.8 Å². The van der Waals surface area contributed by atoms with Crippen LogP contribution in [0.1, 0.15) is 22.9 Å². The van der Waals surface area contributed by atoms with Crippen LogP contribution in [0.2, 0.25) is 0 Å². The van der Waals surface area contributed by atoms with Crippen LogP contribution in [0, 0.1) is 13.8 Å². The van der Waals surface area contributed by atoms with E-state index in [0.29, 0.717) is 24.0 Å². The molecule has 0 bridgehead atoms. The lowest BCUT2D eigenvalue weighted by Crippen LogP contribution is -2.31. The number of amides is 1. The third-order valence-corrected chi connectivity index (χ3v) is 5.84. The monoisotopic (exact) mass is 387 g/mol. The lowest BCUT2D eigenvalue weighted by Gasteiger charge is -2.19. The molecule has 0 saturated heterocycles. The number of rotatable bonds is 7. The van der Waals surface area contributed by atoms with Crippen molar-refractivity contribution in [2.75, 3.05) is 12.3 Å². The van der Waals surface area contributed by atoms with Crippen molar-refractivity contribution in [3.63, 3.8) is 0 Å². The van der Waals surface area contributed by atoms with Crippen LogP contribution in [-0.2, 0) is 11.3 Å². The molecule has 2 aromatic heterocycles. The van der Waals surface area contributed by atoms with Gasteiger partial charge >= 0.3 is 0 Å². The second-order valence-corrected chi connectivity index (χ2v) is 7.86. The molecule has 0 atom stereocenters. The smallest absolute Gasteiger partial charge is 0.233 e. The molecule has 0 fully saturated rings. The molecule has 26 heavy (non-hydrogen) atoms. The molecule has 8 heteroatoms. The van der Waals surface area contributed by atoms with Crippen molar-refractivity contribution >= 4 is 29.0 Å². The van der Waals surface area contributed by atoms with Gasteiger partial charge in [-0.2, -0.15) is 4.68 Å². The molecule has 0 N–H and O–H groups in total. The van der Waals surface area contributed by atoms with Gasteiger partial charge in [-0.25, -0.2) is 0 Å². The Labute approximate surface area is 161 Å². The van der Waals surface area contributed by atoms with Gasteiger partial charge in [0.05, 0.1) is 18.0 Å². The first-order chi connectivity index (χ1) is 12.6. The Morgan fingerprint density at radius 2 is 2.00 bits per heavy atom. The Morgan fingerprint density at radius 1 is 1.23 bits per heavy atom. The van der Waals surface area contributed by atoms with E-state index in [1.165, 1.54) is 16.6 Å². The number of carbonyl (C=O) groups is 1. The number of aryl methyl sites for hydroxylation is 2. The fourth-order valence-electron chi connectivity index (χ4n) is 2.73. The molecule has 0 aliphatic rings. The minimum Gasteiger partial charge on any atom is -0.337 e. The van der Waals surface area contributed by atoms with Crippen LogP contribution in [0.5, 0.6) is 0 Å². The Morgan fingerprint density at radius 3 is 2.65 bits per heavy atom. The van der Waals surface area contributed by atoms with E-state index in [2.05, 4.69) is 21.6 Å². The Hall–Kier alpha value is -2.19. The van der Waals surface area contributed by atoms with Gasteiger partial charge in [0.1, 0.15) is 0 Å². The maximum absolute atomic E-state index is 12.6. The number of para-hydroxylation sites is 1. The van der Waals surface area contributed by atoms with E-state index in [1.807, 2.05) is 55.3 Å². The van der Waals surface area contributed by atoms with E-state index >= 15 is 0 Å². The number of nitrogens with zero attached hydrogens (tertiary/aromatic N) is 5. The van der Waals surface area contributed by atoms with Crippen LogP contribution >= 0.6 is 23.1 Å². The summed E-state index contributed by atoms with van der Waals surface area (Å²) in [6.07, 6.45) is 0. The number of tetrazole rings is 1. The molecule has 136 valence electrons. The van der Waals surface area contributed by atoms with E-state index < -0.39 is 0 Å². The molecule has 1 aromatic carbocycles. The van der Waals surface area contributed by atoms with Crippen molar-refractivity contribution in [2.45, 2.75) is 32.5 Å². The van der Waals surface area contributed by atoms with Crippen LogP contribution in [-0.4, -0.2) is 43.3 Å². The summed E-state index contributed by atoms with van der Waals surface area (Å²) >= 11 is 3.04. The predicted octanol–water partition coefficient (Wildman–Crippen LogP) is 3.48. The highest BCUT2D eigenvalue weighted by Gasteiger charge is 2.17. The lowest BCUT2D eigenvalue weighted by molar-refractivity contribution is -0.128. The van der Waals surface area contributed by atoms with Gasteiger partial charge in [-0.05, 0) is 53.8 Å². The van der Waals surface area contributed by atoms with Gasteiger partial charge in [0.25, 0.3) is 0 Å². The van der Waals surface area contributed by atoms with Gasteiger partial charge in [0.15, 0.2) is 0 Å². The molecule has 1 amide bonds. The molecule has 3 rings (SSSR count). The normalized spacial score (nSPS) is 10.9. The maximum atomic E-state index is 12.6. The first-order valence-corrected chi connectivity index (χ1v) is 10.2. The number of hydrogen-bond donors (Lipinski definition) is 0. The number of carbonyl (C=O) groups excluding carboxylic acids is 1. The molecule has 0 spiro atoms. The van der Waals surface area contributed by atoms with Gasteiger partial charge in [0, 0.05) is 11.4 Å². The minimum absolute atomic E-state index is 0.0851. The number of thioether (sulfide) groups is 1. The number of benzene rings is 1. The lowest BCUT2D eigenvalue weighted by atomic mass is 10.1. The summed E-state index contributed by atoms with van der Waals surface area (Å²) in [5, 5.41) is 14.7. The molecular formula is C18H21N5OS2. The van der Waals surface area contributed by atoms with Gasteiger partial charge in [-0.3, -0.25) is 4.79 Å². The van der Waals surface area contributed by atoms with Crippen LogP contribution < -0.4 is 0 Å². The van der Waals surface area contributed by atoms with Crippen LogP contribution in [0.15, 0.2) is 40.9 Å². The van der Waals surface area contributed by atoms with Crippen LogP contribution in [0.4, 0.5) is 0 Å². The highest BCUT2D eigenvalue weighted by Crippen LogP contribution is 2.24. The van der Waals surface area contributed by atoms with Gasteiger partial charge < -0.3 is 4.90 Å². The first kappa shape index (κ1) is 18.6. The molecule has 0 aliphatic heterocycles. The summed E-state index contributed by atoms with van der Waals surface area (Å²) < 4.78 is 1.72. The summed E-state index contributed by atoms with van der Waals surface area (Å²) in [6.45, 7) is 7.39. The molecule has 6 nitrogen and oxygen atoms in total. The summed E-state index contributed by atoms with van der Waals surface area (Å²) in [5.74, 6) is 0.395. The summed E-state index contributed by atoms with van der Waals surface area (Å²) in [7, 11) is 0. The number of thiophene rings is 1. The standard InChI is InChI=1S/C18H21N5OS2/c1-4-22(11-15-9-6-10-25-15)16(24)12-26-18-19-20-21-23(18)17-13(2)7-5-8-14(17)3/h5-10H,4,11-12H2,1-3H3. The molecule has 0 unspecified atom stereocenters. The molecular weight excluding hydrogens is 366 g/mol. The Kier molecular flexibility index (Phi) is 6.05. The molecule has 2 heterocycles. The Balaban J connectivity index is 1.71. The van der Waals surface area contributed by atoms with E-state index in [9.17, 15) is 4.79 Å². The fraction of sp³-hybridized carbons (Fsp3) is 0.333. The minimum atomic E-state index is 0.0851. The van der Waals surface area contributed by atoms with Gasteiger partial charge in [-0.1, -0.05) is 36.0 Å². The highest BCUT2D eigenvalue weighted by atomic mass is 32.2. The summed E-state index contributed by atoms with van der Waals surface area (Å²) in [6, 6.07) is 10.1. The quantitative estimate of drug-likeness (QED) is 0.581. The summed E-state index contributed by atoms with van der Waals surface area (Å²) in [5.41, 5.74) is 3.16. The van der Waals surface area contributed by atoms with Crippen molar-refractivity contribution < 1.29 is 4.79 Å². The predicted molar refractivity (Wildman–Crippen MR) is 105 cm³/mol. The average Bonchev–Trinajstić information content (AvgIpc) is 3.29. The summed E-state index contributed by atoms with van der Waals surface area (Å²) in [4.78, 5) is 15.6. The zero-order chi connectivity index (χ0) is 18.5. The van der Waals surface area contributed by atoms with Crippen LogP contribution in [0.25, 0.3) is 5.69 Å². The van der Waals surface area contributed by atoms with Gasteiger partial charge in [-0.15, -0.1) is 16.4 Å². The van der Waals surface area contributed by atoms with Gasteiger partial charge in [0.2, 0.25) is 11.1 Å². The second kappa shape index (κ2) is 8.46. The van der Waals surface area contributed by atoms with E-state index in [4.69, 9.17) is 0 Å². The Bertz CT molecular complexity index is 855. The third-order valence-electron chi connectivity index (χ3n) is 4.08. The topological polar surface area (TPSA) is 63.9 Å². The highest BCUT2D eigenvalue weighted by molar-refractivity contribution is 7.99. The largest absolute Gasteiger partial charge is 0.337 e. The maximum Gasteiger partial charge on any atom is 0.233 e. The molecule has 0 saturated carbocycles. The third kappa shape index (κ3) is 4.13. The molecule has 3 aromatic rings. The number of aromatic nitrogens is 4. The molecule has 0 radical (unpaired) electrons. The zero-order valence-electron chi connectivity index (χ0n) is 15.0.